The van der Waals surface area contributed by atoms with E-state index in [0.29, 0.717) is 46.5 Å². The Hall–Kier alpha value is -6.84. The van der Waals surface area contributed by atoms with Crippen molar-refractivity contribution in [3.05, 3.63) is 81.5 Å². The van der Waals surface area contributed by atoms with Gasteiger partial charge < -0.3 is 54.5 Å². The number of benzene rings is 2. The molecule has 4 amide bonds. The summed E-state index contributed by atoms with van der Waals surface area (Å²) >= 11 is 0. The number of aromatic nitrogens is 8. The largest absolute Gasteiger partial charge is 0.494 e. The van der Waals surface area contributed by atoms with Crippen LogP contribution in [-0.2, 0) is 40.3 Å². The number of aliphatic hydroxyl groups is 3. The molecule has 2 atom stereocenters. The molecule has 0 aliphatic carbocycles. The molecule has 4 aromatic heterocycles. The number of aliphatic hydroxyl groups excluding tert-OH is 3. The molecule has 324 valence electrons. The molecule has 7 N–H and O–H groups in total. The number of carbonyl (C=O) groups excluding carboxylic acids is 4. The molecular formula is C40H50N12O9. The number of imidazole rings is 2. The summed E-state index contributed by atoms with van der Waals surface area (Å²) in [5.74, 6) is -2.47. The molecule has 0 saturated heterocycles. The van der Waals surface area contributed by atoms with Gasteiger partial charge in [-0.05, 0) is 64.1 Å². The van der Waals surface area contributed by atoms with Gasteiger partial charge in [-0.1, -0.05) is 0 Å². The fourth-order valence-electron chi connectivity index (χ4n) is 7.26. The third-order valence-corrected chi connectivity index (χ3v) is 10.2. The molecule has 2 unspecified atom stereocenters. The van der Waals surface area contributed by atoms with E-state index in [2.05, 4.69) is 20.2 Å². The molecule has 4 heterocycles. The monoisotopic (exact) mass is 842 g/mol. The first-order valence-electron chi connectivity index (χ1n) is 19.5. The van der Waals surface area contributed by atoms with Gasteiger partial charge in [0.15, 0.2) is 0 Å². The van der Waals surface area contributed by atoms with Crippen LogP contribution in [0.15, 0.2) is 46.4 Å². The lowest BCUT2D eigenvalue weighted by atomic mass is 10.1. The van der Waals surface area contributed by atoms with Crippen LogP contribution in [0.2, 0.25) is 0 Å². The number of amides is 4. The Kier molecular flexibility index (Phi) is 12.8. The van der Waals surface area contributed by atoms with E-state index >= 15 is 0 Å². The summed E-state index contributed by atoms with van der Waals surface area (Å²) in [5.41, 5.74) is 14.6. The molecule has 0 saturated carbocycles. The summed E-state index contributed by atoms with van der Waals surface area (Å²) in [7, 11) is 4.60. The second kappa shape index (κ2) is 17.8. The van der Waals surface area contributed by atoms with Gasteiger partial charge >= 0.3 is 0 Å². The van der Waals surface area contributed by atoms with E-state index in [4.69, 9.17) is 20.9 Å². The molecule has 0 spiro atoms. The number of primary amides is 2. The molecule has 0 aliphatic heterocycles. The van der Waals surface area contributed by atoms with Crippen LogP contribution in [0.4, 0.5) is 0 Å². The number of fused-ring (bicyclic) bond motifs is 2. The van der Waals surface area contributed by atoms with Gasteiger partial charge in [-0.3, -0.25) is 28.5 Å². The highest BCUT2D eigenvalue weighted by Crippen LogP contribution is 2.30. The summed E-state index contributed by atoms with van der Waals surface area (Å²) < 4.78 is 20.8. The fraction of sp³-hybridized carbons (Fsp3) is 0.400. The number of nitrogens with zero attached hydrogens (tertiary/aromatic N) is 10. The molecule has 2 aromatic carbocycles. The van der Waals surface area contributed by atoms with E-state index in [0.717, 1.165) is 0 Å². The molecule has 0 radical (unpaired) electrons. The molecule has 21 heteroatoms. The Morgan fingerprint density at radius 3 is 1.54 bits per heavy atom. The van der Waals surface area contributed by atoms with E-state index in [1.807, 2.05) is 13.8 Å². The van der Waals surface area contributed by atoms with Gasteiger partial charge in [0, 0.05) is 51.3 Å². The third-order valence-electron chi connectivity index (χ3n) is 10.2. The number of hydrogen-bond acceptors (Lipinski definition) is 11. The van der Waals surface area contributed by atoms with E-state index in [9.17, 15) is 34.5 Å². The standard InChI is InChI=1S/C40H50N12O9/c1-8-51-27(13-21(3)45-51)37(58)43-39-47(5)25-15-23(35(41)56)17-31(60-7)33(25)49(39)19-29(54)30(55)20-50-34-26(16-24(36(42)57)18-32(34)61-12-10-11-53)48(6)40(50)44-38(59)28-14-22(4)46-52(28)9-2/h13-18,29-30,53-55H,8-12,19-20H2,1-7H3,(H2,41,56)(H2,42,57). The van der Waals surface area contributed by atoms with Gasteiger partial charge in [-0.25, -0.2) is 0 Å². The Morgan fingerprint density at radius 2 is 1.15 bits per heavy atom. The fourth-order valence-corrected chi connectivity index (χ4v) is 7.26. The van der Waals surface area contributed by atoms with Crippen LogP contribution in [0.1, 0.15) is 73.3 Å². The highest BCUT2D eigenvalue weighted by atomic mass is 16.5. The number of hydrogen-bond donors (Lipinski definition) is 5. The van der Waals surface area contributed by atoms with Crippen molar-refractivity contribution in [3.63, 3.8) is 0 Å². The van der Waals surface area contributed by atoms with Crippen molar-refractivity contribution in [1.29, 1.82) is 0 Å². The van der Waals surface area contributed by atoms with Crippen LogP contribution < -0.4 is 32.2 Å². The van der Waals surface area contributed by atoms with Gasteiger partial charge in [0.1, 0.15) is 33.9 Å². The summed E-state index contributed by atoms with van der Waals surface area (Å²) in [4.78, 5) is 61.4. The van der Waals surface area contributed by atoms with Crippen LogP contribution in [0.5, 0.6) is 11.5 Å². The Balaban J connectivity index is 1.53. The summed E-state index contributed by atoms with van der Waals surface area (Å²) in [6.45, 7) is 7.03. The lowest BCUT2D eigenvalue weighted by molar-refractivity contribution is -0.000241. The quantitative estimate of drug-likeness (QED) is 0.0821. The number of ether oxygens (including phenoxy) is 2. The number of rotatable bonds is 16. The second-order valence-electron chi connectivity index (χ2n) is 14.4. The number of aryl methyl sites for hydroxylation is 6. The number of methoxy groups -OCH3 is 1. The van der Waals surface area contributed by atoms with Crippen molar-refractivity contribution in [2.24, 2.45) is 35.5 Å². The SMILES string of the molecule is CCn1nc(C)cc1C(=O)N=c1n(C)c2cc(C(N)=O)cc(OC)c2n1CC(O)C(O)Cn1c(=NC(=O)c2cc(C)nn2CC)n(C)c2cc(C(N)=O)cc(OCCCO)c21. The molecule has 0 bridgehead atoms. The van der Waals surface area contributed by atoms with E-state index in [1.165, 1.54) is 59.0 Å². The van der Waals surface area contributed by atoms with Crippen molar-refractivity contribution < 1.29 is 44.0 Å². The highest BCUT2D eigenvalue weighted by molar-refractivity contribution is 6.00. The van der Waals surface area contributed by atoms with Crippen LogP contribution >= 0.6 is 0 Å². The van der Waals surface area contributed by atoms with Crippen LogP contribution in [-0.4, -0.2) is 109 Å². The van der Waals surface area contributed by atoms with Crippen LogP contribution in [0.25, 0.3) is 22.1 Å². The maximum atomic E-state index is 13.9. The second-order valence-corrected chi connectivity index (χ2v) is 14.4. The normalized spacial score (nSPS) is 13.3. The smallest absolute Gasteiger partial charge is 0.298 e. The minimum absolute atomic E-state index is 0.0176. The number of nitrogens with two attached hydrogens (primary N) is 2. The minimum Gasteiger partial charge on any atom is -0.494 e. The predicted octanol–water partition coefficient (Wildman–Crippen LogP) is 0.194. The summed E-state index contributed by atoms with van der Waals surface area (Å²) in [6, 6.07) is 9.04. The molecule has 21 nitrogen and oxygen atoms in total. The first kappa shape index (κ1) is 43.7. The zero-order chi connectivity index (χ0) is 44.4. The first-order chi connectivity index (χ1) is 29.0. The minimum atomic E-state index is -1.62. The average molecular weight is 843 g/mol. The van der Waals surface area contributed by atoms with Gasteiger partial charge in [-0.15, -0.1) is 0 Å². The molecule has 6 aromatic rings. The van der Waals surface area contributed by atoms with Crippen molar-refractivity contribution in [2.75, 3.05) is 20.3 Å². The average Bonchev–Trinajstić information content (AvgIpc) is 3.95. The van der Waals surface area contributed by atoms with Gasteiger partial charge in [0.25, 0.3) is 11.8 Å². The molecule has 6 rings (SSSR count). The molecule has 0 aliphatic rings. The molecule has 0 fully saturated rings. The van der Waals surface area contributed by atoms with Crippen molar-refractivity contribution in [1.82, 2.24) is 37.8 Å². The Bertz CT molecular complexity index is 2830. The van der Waals surface area contributed by atoms with E-state index in [-0.39, 0.29) is 71.4 Å². The summed E-state index contributed by atoms with van der Waals surface area (Å²) in [6.07, 6.45) is -2.98. The van der Waals surface area contributed by atoms with Crippen molar-refractivity contribution in [3.8, 4) is 11.5 Å². The topological polar surface area (TPSA) is 280 Å². The number of carbonyl (C=O) groups is 4. The Morgan fingerprint density at radius 1 is 0.721 bits per heavy atom. The Labute approximate surface area is 348 Å². The van der Waals surface area contributed by atoms with Crippen molar-refractivity contribution >= 4 is 45.7 Å². The van der Waals surface area contributed by atoms with Gasteiger partial charge in [-0.2, -0.15) is 20.2 Å². The maximum absolute atomic E-state index is 13.9. The van der Waals surface area contributed by atoms with E-state index in [1.54, 1.807) is 40.1 Å². The zero-order valence-corrected chi connectivity index (χ0v) is 35.0. The molecule has 61 heavy (non-hydrogen) atoms. The third kappa shape index (κ3) is 8.47. The lowest BCUT2D eigenvalue weighted by Gasteiger charge is -2.21. The maximum Gasteiger partial charge on any atom is 0.298 e. The van der Waals surface area contributed by atoms with Crippen LogP contribution in [0, 0.1) is 13.8 Å². The van der Waals surface area contributed by atoms with Gasteiger partial charge in [0.05, 0.1) is 61.4 Å². The first-order valence-corrected chi connectivity index (χ1v) is 19.5. The summed E-state index contributed by atoms with van der Waals surface area (Å²) in [5, 5.41) is 42.1. The highest BCUT2D eigenvalue weighted by Gasteiger charge is 2.27. The predicted molar refractivity (Wildman–Crippen MR) is 220 cm³/mol. The van der Waals surface area contributed by atoms with Gasteiger partial charge in [0.2, 0.25) is 23.1 Å². The lowest BCUT2D eigenvalue weighted by Crippen LogP contribution is -2.40. The zero-order valence-electron chi connectivity index (χ0n) is 35.0. The van der Waals surface area contributed by atoms with Crippen molar-refractivity contribution in [2.45, 2.75) is 72.5 Å². The molecular weight excluding hydrogens is 793 g/mol. The van der Waals surface area contributed by atoms with Crippen LogP contribution in [0.3, 0.4) is 0 Å². The van der Waals surface area contributed by atoms with E-state index < -0.39 is 42.4 Å².